The number of benzene rings is 1. The van der Waals surface area contributed by atoms with Gasteiger partial charge in [-0.25, -0.2) is 14.1 Å². The summed E-state index contributed by atoms with van der Waals surface area (Å²) in [7, 11) is 0. The molecule has 6 rings (SSSR count). The fourth-order valence-electron chi connectivity index (χ4n) is 5.92. The second kappa shape index (κ2) is 11.0. The number of likely N-dealkylation sites (tertiary alicyclic amines) is 1. The van der Waals surface area contributed by atoms with Crippen LogP contribution >= 0.6 is 0 Å². The number of hydrogen-bond acceptors (Lipinski definition) is 10. The van der Waals surface area contributed by atoms with Gasteiger partial charge in [-0.1, -0.05) is 6.07 Å². The number of aliphatic hydroxyl groups is 1. The highest BCUT2D eigenvalue weighted by molar-refractivity contribution is 6.07. The van der Waals surface area contributed by atoms with E-state index in [1.54, 1.807) is 13.8 Å². The first-order chi connectivity index (χ1) is 20.7. The lowest BCUT2D eigenvalue weighted by molar-refractivity contribution is -0.132. The van der Waals surface area contributed by atoms with E-state index >= 15 is 0 Å². The third kappa shape index (κ3) is 4.89. The van der Waals surface area contributed by atoms with Gasteiger partial charge in [-0.05, 0) is 43.9 Å². The van der Waals surface area contributed by atoms with Gasteiger partial charge in [-0.2, -0.15) is 5.10 Å². The molecule has 1 spiro atoms. The lowest BCUT2D eigenvalue weighted by Crippen LogP contribution is -2.54. The van der Waals surface area contributed by atoms with Crippen molar-refractivity contribution in [2.75, 3.05) is 26.2 Å². The van der Waals surface area contributed by atoms with Gasteiger partial charge in [0, 0.05) is 33.1 Å². The predicted octanol–water partition coefficient (Wildman–Crippen LogP) is 1.86. The SMILES string of the molecule is Cc1nnc(C(=O)N2CCC3(CC2)C2=COCCCN2C(=O)C(O)=C3C(=O)NCc2ccc(F)cc2-n2ncnc2C)o1. The molecule has 1 aromatic carbocycles. The number of carbonyl (C=O) groups excluding carboxylic acids is 3. The highest BCUT2D eigenvalue weighted by Gasteiger charge is 2.54. The van der Waals surface area contributed by atoms with Gasteiger partial charge in [-0.15, -0.1) is 10.2 Å². The largest absolute Gasteiger partial charge is 0.503 e. The summed E-state index contributed by atoms with van der Waals surface area (Å²) in [5, 5.41) is 25.8. The number of amides is 3. The van der Waals surface area contributed by atoms with Crippen molar-refractivity contribution < 1.29 is 33.0 Å². The normalized spacial score (nSPS) is 18.2. The number of aliphatic hydroxyl groups excluding tert-OH is 1. The number of fused-ring (bicyclic) bond motifs is 2. The molecule has 2 aromatic heterocycles. The van der Waals surface area contributed by atoms with Gasteiger partial charge in [0.05, 0.1) is 29.0 Å². The number of halogens is 1. The van der Waals surface area contributed by atoms with Crippen LogP contribution in [0.5, 0.6) is 0 Å². The fraction of sp³-hybridized carbons (Fsp3) is 0.393. The Balaban J connectivity index is 1.32. The molecule has 15 heteroatoms. The number of aromatic nitrogens is 5. The van der Waals surface area contributed by atoms with Crippen LogP contribution in [0.2, 0.25) is 0 Å². The minimum absolute atomic E-state index is 0.0603. The predicted molar refractivity (Wildman–Crippen MR) is 145 cm³/mol. The molecule has 1 saturated heterocycles. The third-order valence-corrected chi connectivity index (χ3v) is 8.06. The van der Waals surface area contributed by atoms with Crippen molar-refractivity contribution in [3.63, 3.8) is 0 Å². The zero-order valence-electron chi connectivity index (χ0n) is 23.5. The summed E-state index contributed by atoms with van der Waals surface area (Å²) in [6.45, 7) is 4.25. The second-order valence-corrected chi connectivity index (χ2v) is 10.6. The minimum Gasteiger partial charge on any atom is -0.503 e. The summed E-state index contributed by atoms with van der Waals surface area (Å²) in [6.07, 6.45) is 3.77. The van der Waals surface area contributed by atoms with Crippen molar-refractivity contribution in [1.29, 1.82) is 0 Å². The van der Waals surface area contributed by atoms with Gasteiger partial charge in [0.1, 0.15) is 24.2 Å². The summed E-state index contributed by atoms with van der Waals surface area (Å²) in [6, 6.07) is 4.08. The highest BCUT2D eigenvalue weighted by atomic mass is 19.1. The molecule has 0 saturated carbocycles. The molecule has 3 amide bonds. The van der Waals surface area contributed by atoms with E-state index in [-0.39, 0.29) is 49.8 Å². The first kappa shape index (κ1) is 28.1. The van der Waals surface area contributed by atoms with E-state index in [4.69, 9.17) is 9.15 Å². The van der Waals surface area contributed by atoms with Crippen LogP contribution in [0.3, 0.4) is 0 Å². The van der Waals surface area contributed by atoms with Crippen LogP contribution in [0.15, 0.2) is 52.2 Å². The number of aryl methyl sites for hydroxylation is 2. The third-order valence-electron chi connectivity index (χ3n) is 8.06. The molecule has 1 fully saturated rings. The van der Waals surface area contributed by atoms with Gasteiger partial charge in [0.15, 0.2) is 5.76 Å². The number of hydrogen-bond donors (Lipinski definition) is 2. The molecule has 5 heterocycles. The lowest BCUT2D eigenvalue weighted by atomic mass is 9.66. The van der Waals surface area contributed by atoms with E-state index in [1.807, 2.05) is 0 Å². The molecule has 0 aliphatic carbocycles. The summed E-state index contributed by atoms with van der Waals surface area (Å²) in [4.78, 5) is 47.4. The van der Waals surface area contributed by atoms with E-state index < -0.39 is 34.7 Å². The molecule has 0 atom stereocenters. The van der Waals surface area contributed by atoms with E-state index in [9.17, 15) is 23.9 Å². The number of ether oxygens (including phenoxy) is 1. The Labute approximate surface area is 244 Å². The summed E-state index contributed by atoms with van der Waals surface area (Å²) in [5.74, 6) is -2.33. The number of rotatable bonds is 5. The van der Waals surface area contributed by atoms with Crippen LogP contribution in [0.1, 0.15) is 47.2 Å². The number of allylic oxidation sites excluding steroid dienone is 1. The van der Waals surface area contributed by atoms with E-state index in [0.717, 1.165) is 0 Å². The van der Waals surface area contributed by atoms with E-state index in [1.165, 1.54) is 45.3 Å². The Bertz CT molecular complexity index is 1670. The topological polar surface area (TPSA) is 169 Å². The number of carbonyl (C=O) groups is 3. The highest BCUT2D eigenvalue weighted by Crippen LogP contribution is 2.51. The van der Waals surface area contributed by atoms with E-state index in [0.29, 0.717) is 42.3 Å². The van der Waals surface area contributed by atoms with Crippen LogP contribution in [0.4, 0.5) is 4.39 Å². The van der Waals surface area contributed by atoms with Crippen molar-refractivity contribution in [3.05, 3.63) is 76.8 Å². The Morgan fingerprint density at radius 2 is 1.95 bits per heavy atom. The van der Waals surface area contributed by atoms with Crippen LogP contribution in [-0.4, -0.2) is 83.8 Å². The Hall–Kier alpha value is -5.08. The molecule has 0 radical (unpaired) electrons. The first-order valence-corrected chi connectivity index (χ1v) is 13.8. The number of nitrogens with one attached hydrogen (secondary N) is 1. The maximum atomic E-state index is 14.2. The zero-order chi connectivity index (χ0) is 30.3. The second-order valence-electron chi connectivity index (χ2n) is 10.6. The standard InChI is InChI=1S/C28H29FN8O6/c1-16-31-15-32-37(16)20-12-19(29)5-4-18(20)13-30-24(39)22-23(38)26(40)36-8-3-11-42-14-21(36)28(22)6-9-35(10-7-28)27(41)25-34-33-17(2)43-25/h4-5,12,14-15,38H,3,6-11,13H2,1-2H3,(H,30,39). The van der Waals surface area contributed by atoms with Crippen LogP contribution in [0.25, 0.3) is 5.69 Å². The van der Waals surface area contributed by atoms with Crippen LogP contribution < -0.4 is 5.32 Å². The van der Waals surface area contributed by atoms with Gasteiger partial charge in [0.2, 0.25) is 5.89 Å². The van der Waals surface area contributed by atoms with Gasteiger partial charge in [-0.3, -0.25) is 14.4 Å². The Kier molecular flexibility index (Phi) is 7.15. The molecular weight excluding hydrogens is 563 g/mol. The van der Waals surface area contributed by atoms with E-state index in [2.05, 4.69) is 25.6 Å². The molecule has 3 aliphatic rings. The maximum absolute atomic E-state index is 14.2. The monoisotopic (exact) mass is 592 g/mol. The summed E-state index contributed by atoms with van der Waals surface area (Å²) < 4.78 is 26.7. The van der Waals surface area contributed by atoms with Crippen molar-refractivity contribution in [1.82, 2.24) is 40.1 Å². The Morgan fingerprint density at radius 3 is 2.65 bits per heavy atom. The van der Waals surface area contributed by atoms with Crippen LogP contribution in [0, 0.1) is 25.1 Å². The average molecular weight is 593 g/mol. The minimum atomic E-state index is -1.14. The molecule has 14 nitrogen and oxygen atoms in total. The van der Waals surface area contributed by atoms with Gasteiger partial charge in [0.25, 0.3) is 11.8 Å². The molecule has 3 aliphatic heterocycles. The number of nitrogens with zero attached hydrogens (tertiary/aromatic N) is 7. The van der Waals surface area contributed by atoms with Gasteiger partial charge < -0.3 is 29.4 Å². The Morgan fingerprint density at radius 1 is 1.16 bits per heavy atom. The smallest absolute Gasteiger partial charge is 0.311 e. The summed E-state index contributed by atoms with van der Waals surface area (Å²) in [5.41, 5.74) is 0.138. The van der Waals surface area contributed by atoms with Crippen molar-refractivity contribution in [3.8, 4) is 5.69 Å². The summed E-state index contributed by atoms with van der Waals surface area (Å²) >= 11 is 0. The fourth-order valence-corrected chi connectivity index (χ4v) is 5.92. The average Bonchev–Trinajstić information content (AvgIpc) is 3.54. The number of piperidine rings is 1. The first-order valence-electron chi connectivity index (χ1n) is 13.8. The zero-order valence-corrected chi connectivity index (χ0v) is 23.5. The van der Waals surface area contributed by atoms with Crippen molar-refractivity contribution in [2.45, 2.75) is 39.7 Å². The molecule has 43 heavy (non-hydrogen) atoms. The molecule has 0 bridgehead atoms. The molecular formula is C28H29FN8O6. The molecule has 3 aromatic rings. The quantitative estimate of drug-likeness (QED) is 0.446. The van der Waals surface area contributed by atoms with Crippen molar-refractivity contribution >= 4 is 17.7 Å². The van der Waals surface area contributed by atoms with Gasteiger partial charge >= 0.3 is 11.8 Å². The van der Waals surface area contributed by atoms with Crippen molar-refractivity contribution in [2.24, 2.45) is 5.41 Å². The molecule has 224 valence electrons. The molecule has 2 N–H and O–H groups in total. The molecule has 0 unspecified atom stereocenters. The maximum Gasteiger partial charge on any atom is 0.311 e. The van der Waals surface area contributed by atoms with Crippen LogP contribution in [-0.2, 0) is 20.9 Å². The lowest BCUT2D eigenvalue weighted by Gasteiger charge is -2.48.